The van der Waals surface area contributed by atoms with E-state index in [0.29, 0.717) is 5.95 Å². The molecule has 1 aliphatic heterocycles. The van der Waals surface area contributed by atoms with Crippen molar-refractivity contribution in [2.45, 2.75) is 25.3 Å². The first-order chi connectivity index (χ1) is 7.25. The van der Waals surface area contributed by atoms with Gasteiger partial charge in [0.05, 0.1) is 0 Å². The van der Waals surface area contributed by atoms with Crippen LogP contribution in [0.4, 0.5) is 11.9 Å². The van der Waals surface area contributed by atoms with Crippen LogP contribution in [0.15, 0.2) is 0 Å². The second-order valence-electron chi connectivity index (χ2n) is 3.53. The van der Waals surface area contributed by atoms with Gasteiger partial charge in [-0.25, -0.2) is 5.10 Å². The van der Waals surface area contributed by atoms with Crippen LogP contribution < -0.4 is 16.4 Å². The van der Waals surface area contributed by atoms with Crippen LogP contribution in [-0.4, -0.2) is 33.7 Å². The van der Waals surface area contributed by atoms with Crippen LogP contribution in [0.3, 0.4) is 0 Å². The molecular weight excluding hydrogens is 196 g/mol. The average molecular weight is 210 g/mol. The minimum atomic E-state index is -0.261. The topological polar surface area (TPSA) is 109 Å². The third-order valence-electron chi connectivity index (χ3n) is 2.34. The van der Waals surface area contributed by atoms with Crippen molar-refractivity contribution < 1.29 is 4.79 Å². The zero-order valence-electron chi connectivity index (χ0n) is 8.29. The Morgan fingerprint density at radius 3 is 3.07 bits per heavy atom. The summed E-state index contributed by atoms with van der Waals surface area (Å²) < 4.78 is 0. The number of carbonyl (C=O) groups is 1. The van der Waals surface area contributed by atoms with Gasteiger partial charge in [-0.05, 0) is 19.3 Å². The molecule has 7 nitrogen and oxygen atoms in total. The number of aromatic amines is 1. The Morgan fingerprint density at radius 2 is 2.33 bits per heavy atom. The lowest BCUT2D eigenvalue weighted by molar-refractivity contribution is -0.121. The first-order valence-electron chi connectivity index (χ1n) is 4.98. The third kappa shape index (κ3) is 2.36. The molecule has 0 aromatic carbocycles. The van der Waals surface area contributed by atoms with Crippen molar-refractivity contribution in [2.24, 2.45) is 0 Å². The van der Waals surface area contributed by atoms with E-state index in [9.17, 15) is 4.79 Å². The predicted molar refractivity (Wildman–Crippen MR) is 55.1 cm³/mol. The number of H-pyrrole nitrogens is 1. The number of rotatable bonds is 2. The Morgan fingerprint density at radius 1 is 1.47 bits per heavy atom. The van der Waals surface area contributed by atoms with Gasteiger partial charge in [-0.2, -0.15) is 4.98 Å². The SMILES string of the molecule is Nc1nc(NC2CCCCNC2=O)n[nH]1. The summed E-state index contributed by atoms with van der Waals surface area (Å²) in [5.41, 5.74) is 5.38. The standard InChI is InChI=1S/C8H14N6O/c9-7-12-8(14-13-7)11-5-3-1-2-4-10-6(5)15/h5H,1-4H2,(H,10,15)(H4,9,11,12,13,14). The van der Waals surface area contributed by atoms with Gasteiger partial charge >= 0.3 is 0 Å². The Hall–Kier alpha value is -1.79. The molecule has 0 aliphatic carbocycles. The van der Waals surface area contributed by atoms with Gasteiger partial charge in [0.15, 0.2) is 0 Å². The van der Waals surface area contributed by atoms with E-state index in [4.69, 9.17) is 5.73 Å². The zero-order chi connectivity index (χ0) is 10.7. The highest BCUT2D eigenvalue weighted by Crippen LogP contribution is 2.10. The number of nitrogen functional groups attached to an aromatic ring is 1. The second-order valence-corrected chi connectivity index (χ2v) is 3.53. The molecule has 2 rings (SSSR count). The molecule has 1 aromatic heterocycles. The van der Waals surface area contributed by atoms with Gasteiger partial charge in [-0.1, -0.05) is 0 Å². The Kier molecular flexibility index (Phi) is 2.70. The lowest BCUT2D eigenvalue weighted by atomic mass is 10.1. The fourth-order valence-corrected chi connectivity index (χ4v) is 1.57. The molecule has 0 bridgehead atoms. The van der Waals surface area contributed by atoms with Gasteiger partial charge in [-0.15, -0.1) is 5.10 Å². The number of nitrogens with zero attached hydrogens (tertiary/aromatic N) is 2. The Bertz CT molecular complexity index is 349. The molecule has 1 aliphatic rings. The summed E-state index contributed by atoms with van der Waals surface area (Å²) in [4.78, 5) is 15.4. The molecule has 82 valence electrons. The molecule has 5 N–H and O–H groups in total. The average Bonchev–Trinajstić information content (AvgIpc) is 2.50. The van der Waals surface area contributed by atoms with Crippen molar-refractivity contribution in [1.29, 1.82) is 0 Å². The monoisotopic (exact) mass is 210 g/mol. The number of carbonyl (C=O) groups excluding carboxylic acids is 1. The molecule has 7 heteroatoms. The van der Waals surface area contributed by atoms with Gasteiger partial charge in [0.1, 0.15) is 6.04 Å². The predicted octanol–water partition coefficient (Wildman–Crippen LogP) is -0.533. The fourth-order valence-electron chi connectivity index (χ4n) is 1.57. The van der Waals surface area contributed by atoms with Crippen LogP contribution in [0.5, 0.6) is 0 Å². The number of nitrogens with one attached hydrogen (secondary N) is 3. The van der Waals surface area contributed by atoms with Crippen LogP contribution in [0, 0.1) is 0 Å². The van der Waals surface area contributed by atoms with Gasteiger partial charge < -0.3 is 16.4 Å². The molecule has 1 amide bonds. The maximum Gasteiger partial charge on any atom is 0.244 e. The molecule has 1 saturated heterocycles. The van der Waals surface area contributed by atoms with Gasteiger partial charge in [0.2, 0.25) is 17.8 Å². The summed E-state index contributed by atoms with van der Waals surface area (Å²) in [5.74, 6) is 0.608. The maximum absolute atomic E-state index is 11.6. The van der Waals surface area contributed by atoms with Gasteiger partial charge in [0, 0.05) is 6.54 Å². The number of hydrogen-bond donors (Lipinski definition) is 4. The van der Waals surface area contributed by atoms with E-state index in [1.807, 2.05) is 0 Å². The highest BCUT2D eigenvalue weighted by molar-refractivity contribution is 5.84. The van der Waals surface area contributed by atoms with E-state index in [1.54, 1.807) is 0 Å². The summed E-state index contributed by atoms with van der Waals surface area (Å²) >= 11 is 0. The lowest BCUT2D eigenvalue weighted by Crippen LogP contribution is -2.38. The van der Waals surface area contributed by atoms with Crippen molar-refractivity contribution in [3.8, 4) is 0 Å². The molecule has 2 heterocycles. The number of hydrogen-bond acceptors (Lipinski definition) is 5. The first-order valence-corrected chi connectivity index (χ1v) is 4.98. The first kappa shape index (κ1) is 9.75. The number of nitrogens with two attached hydrogens (primary N) is 1. The van der Waals surface area contributed by atoms with Gasteiger partial charge in [0.25, 0.3) is 0 Å². The van der Waals surface area contributed by atoms with E-state index in [2.05, 4.69) is 25.8 Å². The van der Waals surface area contributed by atoms with Crippen LogP contribution in [0.25, 0.3) is 0 Å². The summed E-state index contributed by atoms with van der Waals surface area (Å²) in [7, 11) is 0. The van der Waals surface area contributed by atoms with Crippen LogP contribution >= 0.6 is 0 Å². The molecule has 1 unspecified atom stereocenters. The molecule has 1 atom stereocenters. The van der Waals surface area contributed by atoms with E-state index >= 15 is 0 Å². The quantitative estimate of drug-likeness (QED) is 0.524. The normalized spacial score (nSPS) is 21.9. The Balaban J connectivity index is 2.00. The lowest BCUT2D eigenvalue weighted by Gasteiger charge is -2.12. The summed E-state index contributed by atoms with van der Waals surface area (Å²) in [5, 5.41) is 12.1. The minimum absolute atomic E-state index is 0.00382. The van der Waals surface area contributed by atoms with Crippen molar-refractivity contribution >= 4 is 17.8 Å². The largest absolute Gasteiger partial charge is 0.368 e. The van der Waals surface area contributed by atoms with Gasteiger partial charge in [-0.3, -0.25) is 4.79 Å². The van der Waals surface area contributed by atoms with Crippen molar-refractivity contribution in [3.05, 3.63) is 0 Å². The second kappa shape index (κ2) is 4.16. The summed E-state index contributed by atoms with van der Waals surface area (Å²) in [6.45, 7) is 0.743. The van der Waals surface area contributed by atoms with Crippen molar-refractivity contribution in [2.75, 3.05) is 17.6 Å². The van der Waals surface area contributed by atoms with Crippen molar-refractivity contribution in [3.63, 3.8) is 0 Å². The molecule has 0 saturated carbocycles. The van der Waals surface area contributed by atoms with Crippen LogP contribution in [0.2, 0.25) is 0 Å². The molecule has 15 heavy (non-hydrogen) atoms. The molecule has 1 fully saturated rings. The number of amides is 1. The summed E-state index contributed by atoms with van der Waals surface area (Å²) in [6.07, 6.45) is 2.82. The highest BCUT2D eigenvalue weighted by atomic mass is 16.2. The third-order valence-corrected chi connectivity index (χ3v) is 2.34. The molecule has 0 spiro atoms. The van der Waals surface area contributed by atoms with Crippen LogP contribution in [0.1, 0.15) is 19.3 Å². The number of anilines is 2. The Labute approximate surface area is 86.8 Å². The van der Waals surface area contributed by atoms with E-state index in [-0.39, 0.29) is 17.9 Å². The maximum atomic E-state index is 11.6. The number of aromatic nitrogens is 3. The molecule has 1 aromatic rings. The molecule has 0 radical (unpaired) electrons. The van der Waals surface area contributed by atoms with E-state index in [0.717, 1.165) is 25.8 Å². The fraction of sp³-hybridized carbons (Fsp3) is 0.625. The van der Waals surface area contributed by atoms with E-state index < -0.39 is 0 Å². The highest BCUT2D eigenvalue weighted by Gasteiger charge is 2.21. The smallest absolute Gasteiger partial charge is 0.244 e. The zero-order valence-corrected chi connectivity index (χ0v) is 8.29. The molecular formula is C8H14N6O. The summed E-state index contributed by atoms with van der Waals surface area (Å²) in [6, 6.07) is -0.261. The van der Waals surface area contributed by atoms with Crippen molar-refractivity contribution in [1.82, 2.24) is 20.5 Å². The van der Waals surface area contributed by atoms with E-state index in [1.165, 1.54) is 0 Å². The minimum Gasteiger partial charge on any atom is -0.368 e. The van der Waals surface area contributed by atoms with Crippen LogP contribution in [-0.2, 0) is 4.79 Å².